The topological polar surface area (TPSA) is 85.1 Å². The lowest BCUT2D eigenvalue weighted by molar-refractivity contribution is 0.580. The SMILES string of the molecule is Cc1ccc(CNS(=O)(=O)c2cccc(CN)c2C)cn1. The van der Waals surface area contributed by atoms with Gasteiger partial charge in [-0.05, 0) is 42.7 Å². The Kier molecular flexibility index (Phi) is 4.72. The third-order valence-corrected chi connectivity index (χ3v) is 4.89. The van der Waals surface area contributed by atoms with Crippen LogP contribution in [0.15, 0.2) is 41.4 Å². The Bertz CT molecular complexity index is 725. The van der Waals surface area contributed by atoms with Crippen molar-refractivity contribution in [3.05, 3.63) is 58.9 Å². The Morgan fingerprint density at radius 2 is 1.95 bits per heavy atom. The van der Waals surface area contributed by atoms with Gasteiger partial charge in [-0.25, -0.2) is 13.1 Å². The largest absolute Gasteiger partial charge is 0.326 e. The molecular formula is C15H19N3O2S. The summed E-state index contributed by atoms with van der Waals surface area (Å²) in [5.74, 6) is 0. The fourth-order valence-electron chi connectivity index (χ4n) is 2.03. The molecule has 0 unspecified atom stereocenters. The van der Waals surface area contributed by atoms with Gasteiger partial charge < -0.3 is 5.73 Å². The molecule has 21 heavy (non-hydrogen) atoms. The maximum atomic E-state index is 12.4. The van der Waals surface area contributed by atoms with Crippen molar-refractivity contribution >= 4 is 10.0 Å². The number of aromatic nitrogens is 1. The van der Waals surface area contributed by atoms with E-state index in [4.69, 9.17) is 5.73 Å². The number of nitrogens with zero attached hydrogens (tertiary/aromatic N) is 1. The lowest BCUT2D eigenvalue weighted by Gasteiger charge is -2.12. The molecule has 2 aromatic rings. The van der Waals surface area contributed by atoms with Crippen molar-refractivity contribution in [1.82, 2.24) is 9.71 Å². The average molecular weight is 305 g/mol. The van der Waals surface area contributed by atoms with E-state index in [-0.39, 0.29) is 11.4 Å². The van der Waals surface area contributed by atoms with Crippen LogP contribution in [-0.2, 0) is 23.1 Å². The smallest absolute Gasteiger partial charge is 0.241 e. The fraction of sp³-hybridized carbons (Fsp3) is 0.267. The van der Waals surface area contributed by atoms with Gasteiger partial charge in [-0.2, -0.15) is 0 Å². The van der Waals surface area contributed by atoms with Gasteiger partial charge in [0.1, 0.15) is 0 Å². The first kappa shape index (κ1) is 15.6. The van der Waals surface area contributed by atoms with E-state index in [2.05, 4.69) is 9.71 Å². The van der Waals surface area contributed by atoms with Gasteiger partial charge in [-0.3, -0.25) is 4.98 Å². The highest BCUT2D eigenvalue weighted by Gasteiger charge is 2.17. The molecule has 0 aliphatic rings. The summed E-state index contributed by atoms with van der Waals surface area (Å²) in [6, 6.07) is 8.83. The lowest BCUT2D eigenvalue weighted by Crippen LogP contribution is -2.24. The standard InChI is InChI=1S/C15H19N3O2S/c1-11-6-7-13(9-17-11)10-18-21(19,20)15-5-3-4-14(8-16)12(15)2/h3-7,9,18H,8,10,16H2,1-2H3. The maximum Gasteiger partial charge on any atom is 0.241 e. The first-order chi connectivity index (χ1) is 9.94. The average Bonchev–Trinajstić information content (AvgIpc) is 2.47. The van der Waals surface area contributed by atoms with Crippen molar-refractivity contribution in [1.29, 1.82) is 0 Å². The summed E-state index contributed by atoms with van der Waals surface area (Å²) in [6.45, 7) is 4.18. The van der Waals surface area contributed by atoms with E-state index in [1.54, 1.807) is 25.3 Å². The van der Waals surface area contributed by atoms with Crippen LogP contribution in [0.4, 0.5) is 0 Å². The quantitative estimate of drug-likeness (QED) is 0.879. The molecule has 2 rings (SSSR count). The Morgan fingerprint density at radius 3 is 2.57 bits per heavy atom. The van der Waals surface area contributed by atoms with Crippen LogP contribution in [0.25, 0.3) is 0 Å². The van der Waals surface area contributed by atoms with Gasteiger partial charge >= 0.3 is 0 Å². The third kappa shape index (κ3) is 3.66. The van der Waals surface area contributed by atoms with Crippen LogP contribution >= 0.6 is 0 Å². The summed E-state index contributed by atoms with van der Waals surface area (Å²) in [6.07, 6.45) is 1.67. The summed E-state index contributed by atoms with van der Waals surface area (Å²) < 4.78 is 27.4. The summed E-state index contributed by atoms with van der Waals surface area (Å²) >= 11 is 0. The molecule has 0 aliphatic carbocycles. The summed E-state index contributed by atoms with van der Waals surface area (Å²) in [7, 11) is -3.57. The minimum atomic E-state index is -3.57. The predicted molar refractivity (Wildman–Crippen MR) is 82.1 cm³/mol. The van der Waals surface area contributed by atoms with Crippen molar-refractivity contribution in [2.75, 3.05) is 0 Å². The Hall–Kier alpha value is -1.76. The van der Waals surface area contributed by atoms with Gasteiger partial charge in [0.25, 0.3) is 0 Å². The van der Waals surface area contributed by atoms with Crippen LogP contribution in [0.1, 0.15) is 22.4 Å². The molecule has 0 bridgehead atoms. The van der Waals surface area contributed by atoms with Crippen molar-refractivity contribution < 1.29 is 8.42 Å². The van der Waals surface area contributed by atoms with E-state index in [1.807, 2.05) is 25.1 Å². The number of nitrogens with one attached hydrogen (secondary N) is 1. The van der Waals surface area contributed by atoms with E-state index in [0.717, 1.165) is 16.8 Å². The maximum absolute atomic E-state index is 12.4. The van der Waals surface area contributed by atoms with Crippen LogP contribution in [0.5, 0.6) is 0 Å². The van der Waals surface area contributed by atoms with Crippen LogP contribution in [-0.4, -0.2) is 13.4 Å². The molecule has 0 spiro atoms. The van der Waals surface area contributed by atoms with Crippen LogP contribution in [0.3, 0.4) is 0 Å². The van der Waals surface area contributed by atoms with E-state index in [9.17, 15) is 8.42 Å². The number of aryl methyl sites for hydroxylation is 1. The van der Waals surface area contributed by atoms with Gasteiger partial charge in [0.2, 0.25) is 10.0 Å². The molecule has 1 heterocycles. The molecule has 112 valence electrons. The predicted octanol–water partition coefficient (Wildman–Crippen LogP) is 1.64. The second kappa shape index (κ2) is 6.34. The Morgan fingerprint density at radius 1 is 1.19 bits per heavy atom. The third-order valence-electron chi connectivity index (χ3n) is 3.34. The molecule has 5 nitrogen and oxygen atoms in total. The van der Waals surface area contributed by atoms with Crippen LogP contribution in [0, 0.1) is 13.8 Å². The normalized spacial score (nSPS) is 11.6. The number of hydrogen-bond donors (Lipinski definition) is 2. The Labute approximate surface area is 125 Å². The first-order valence-electron chi connectivity index (χ1n) is 6.64. The number of sulfonamides is 1. The number of hydrogen-bond acceptors (Lipinski definition) is 4. The van der Waals surface area contributed by atoms with Crippen molar-refractivity contribution in [3.8, 4) is 0 Å². The second-order valence-electron chi connectivity index (χ2n) is 4.88. The lowest BCUT2D eigenvalue weighted by atomic mass is 10.1. The molecule has 0 aliphatic heterocycles. The highest BCUT2D eigenvalue weighted by atomic mass is 32.2. The Balaban J connectivity index is 2.21. The van der Waals surface area contributed by atoms with Crippen LogP contribution < -0.4 is 10.5 Å². The minimum absolute atomic E-state index is 0.210. The summed E-state index contributed by atoms with van der Waals surface area (Å²) in [5.41, 5.74) is 8.85. The van der Waals surface area contributed by atoms with Gasteiger partial charge in [0.05, 0.1) is 4.90 Å². The highest BCUT2D eigenvalue weighted by molar-refractivity contribution is 7.89. The van der Waals surface area contributed by atoms with Crippen molar-refractivity contribution in [2.45, 2.75) is 31.8 Å². The molecule has 3 N–H and O–H groups in total. The minimum Gasteiger partial charge on any atom is -0.326 e. The molecule has 0 atom stereocenters. The molecule has 0 amide bonds. The molecule has 1 aromatic carbocycles. The van der Waals surface area contributed by atoms with E-state index in [0.29, 0.717) is 12.1 Å². The molecule has 6 heteroatoms. The number of nitrogens with two attached hydrogens (primary N) is 1. The van der Waals surface area contributed by atoms with Gasteiger partial charge in [0.15, 0.2) is 0 Å². The number of benzene rings is 1. The zero-order valence-corrected chi connectivity index (χ0v) is 12.9. The molecule has 0 saturated heterocycles. The zero-order valence-electron chi connectivity index (χ0n) is 12.1. The fourth-order valence-corrected chi connectivity index (χ4v) is 3.34. The second-order valence-corrected chi connectivity index (χ2v) is 6.61. The van der Waals surface area contributed by atoms with E-state index in [1.165, 1.54) is 0 Å². The van der Waals surface area contributed by atoms with E-state index >= 15 is 0 Å². The van der Waals surface area contributed by atoms with Gasteiger partial charge in [0, 0.05) is 25.0 Å². The highest BCUT2D eigenvalue weighted by Crippen LogP contribution is 2.18. The number of rotatable bonds is 5. The van der Waals surface area contributed by atoms with Gasteiger partial charge in [-0.1, -0.05) is 18.2 Å². The van der Waals surface area contributed by atoms with Crippen molar-refractivity contribution in [2.24, 2.45) is 5.73 Å². The van der Waals surface area contributed by atoms with Crippen LogP contribution in [0.2, 0.25) is 0 Å². The molecule has 0 saturated carbocycles. The summed E-state index contributed by atoms with van der Waals surface area (Å²) in [5, 5.41) is 0. The molecule has 0 radical (unpaired) electrons. The zero-order chi connectivity index (χ0) is 15.5. The van der Waals surface area contributed by atoms with Crippen molar-refractivity contribution in [3.63, 3.8) is 0 Å². The monoisotopic (exact) mass is 305 g/mol. The number of pyridine rings is 1. The first-order valence-corrected chi connectivity index (χ1v) is 8.12. The van der Waals surface area contributed by atoms with E-state index < -0.39 is 10.0 Å². The molecular weight excluding hydrogens is 286 g/mol. The molecule has 1 aromatic heterocycles. The summed E-state index contributed by atoms with van der Waals surface area (Å²) in [4.78, 5) is 4.42. The van der Waals surface area contributed by atoms with Gasteiger partial charge in [-0.15, -0.1) is 0 Å². The molecule has 0 fully saturated rings.